The molecule has 0 saturated heterocycles. The molecule has 4 aromatic rings. The van der Waals surface area contributed by atoms with E-state index in [9.17, 15) is 0 Å². The number of hydrogen-bond acceptors (Lipinski definition) is 0. The van der Waals surface area contributed by atoms with Crippen molar-refractivity contribution in [1.82, 2.24) is 4.98 Å². The van der Waals surface area contributed by atoms with Crippen molar-refractivity contribution in [3.05, 3.63) is 53.6 Å². The maximum atomic E-state index is 6.35. The van der Waals surface area contributed by atoms with Crippen molar-refractivity contribution >= 4 is 44.4 Å². The lowest BCUT2D eigenvalue weighted by molar-refractivity contribution is -0.616. The quantitative estimate of drug-likeness (QED) is 0.467. The molecule has 0 saturated carbocycles. The summed E-state index contributed by atoms with van der Waals surface area (Å²) in [7, 11) is 2.07. The lowest BCUT2D eigenvalue weighted by Gasteiger charge is -2.00. The molecule has 0 unspecified atom stereocenters. The summed E-state index contributed by atoms with van der Waals surface area (Å²) in [4.78, 5) is 3.47. The molecule has 2 aromatic carbocycles. The summed E-state index contributed by atoms with van der Waals surface area (Å²) in [6.07, 6.45) is 0. The third-order valence-electron chi connectivity index (χ3n) is 3.70. The SMILES string of the molecule is C[n+]1c2c(Cl)cccc2cc2[nH]c3ccccc3c21.[Cl-]. The van der Waals surface area contributed by atoms with E-state index in [-0.39, 0.29) is 12.4 Å². The Bertz CT molecular complexity index is 941. The first-order valence-electron chi connectivity index (χ1n) is 6.23. The van der Waals surface area contributed by atoms with Crippen molar-refractivity contribution in [2.24, 2.45) is 7.05 Å². The monoisotopic (exact) mass is 302 g/mol. The van der Waals surface area contributed by atoms with Crippen molar-refractivity contribution in [3.63, 3.8) is 0 Å². The van der Waals surface area contributed by atoms with Gasteiger partial charge in [-0.15, -0.1) is 0 Å². The number of para-hydroxylation sites is 2. The average molecular weight is 303 g/mol. The van der Waals surface area contributed by atoms with Crippen LogP contribution in [0.4, 0.5) is 0 Å². The molecule has 0 amide bonds. The zero-order valence-corrected chi connectivity index (χ0v) is 12.3. The van der Waals surface area contributed by atoms with E-state index in [4.69, 9.17) is 11.6 Å². The van der Waals surface area contributed by atoms with Gasteiger partial charge >= 0.3 is 0 Å². The molecule has 4 heteroatoms. The first-order valence-corrected chi connectivity index (χ1v) is 6.61. The highest BCUT2D eigenvalue weighted by Gasteiger charge is 2.18. The number of hydrogen-bond donors (Lipinski definition) is 1. The number of fused-ring (bicyclic) bond motifs is 4. The van der Waals surface area contributed by atoms with Crippen LogP contribution in [-0.2, 0) is 7.05 Å². The van der Waals surface area contributed by atoms with Crippen LogP contribution >= 0.6 is 11.6 Å². The van der Waals surface area contributed by atoms with Gasteiger partial charge < -0.3 is 17.4 Å². The average Bonchev–Trinajstić information content (AvgIpc) is 2.77. The predicted octanol–water partition coefficient (Wildman–Crippen LogP) is 0.956. The summed E-state index contributed by atoms with van der Waals surface area (Å²) in [6.45, 7) is 0. The number of benzene rings is 2. The minimum atomic E-state index is 0. The van der Waals surface area contributed by atoms with E-state index < -0.39 is 0 Å². The number of nitrogens with zero attached hydrogens (tertiary/aromatic N) is 1. The van der Waals surface area contributed by atoms with Gasteiger partial charge in [0.25, 0.3) is 0 Å². The van der Waals surface area contributed by atoms with Crippen molar-refractivity contribution in [2.45, 2.75) is 0 Å². The number of nitrogens with one attached hydrogen (secondary N) is 1. The maximum absolute atomic E-state index is 6.35. The third-order valence-corrected chi connectivity index (χ3v) is 4.00. The topological polar surface area (TPSA) is 19.7 Å². The largest absolute Gasteiger partial charge is 1.00 e. The van der Waals surface area contributed by atoms with Crippen molar-refractivity contribution in [2.75, 3.05) is 0 Å². The van der Waals surface area contributed by atoms with Crippen LogP contribution in [0.3, 0.4) is 0 Å². The van der Waals surface area contributed by atoms with Gasteiger partial charge in [-0.25, -0.2) is 0 Å². The highest BCUT2D eigenvalue weighted by Crippen LogP contribution is 2.27. The molecule has 0 spiro atoms. The number of halogens is 2. The van der Waals surface area contributed by atoms with Crippen molar-refractivity contribution < 1.29 is 17.0 Å². The summed E-state index contributed by atoms with van der Waals surface area (Å²) in [6, 6.07) is 16.5. The standard InChI is InChI=1S/C16H11ClN2.ClH/c1-19-15-10(5-4-7-12(15)17)9-14-16(19)11-6-2-3-8-13(11)18-14;/h2-9H,1H3;1H. The van der Waals surface area contributed by atoms with Crippen LogP contribution in [0.25, 0.3) is 32.8 Å². The van der Waals surface area contributed by atoms with E-state index in [1.807, 2.05) is 18.2 Å². The first kappa shape index (κ1) is 13.2. The molecule has 0 aliphatic rings. The molecule has 20 heavy (non-hydrogen) atoms. The van der Waals surface area contributed by atoms with Crippen LogP contribution in [0, 0.1) is 0 Å². The molecule has 0 aliphatic heterocycles. The zero-order chi connectivity index (χ0) is 13.0. The Morgan fingerprint density at radius 1 is 0.950 bits per heavy atom. The fourth-order valence-electron chi connectivity index (χ4n) is 2.88. The van der Waals surface area contributed by atoms with Crippen LogP contribution < -0.4 is 17.0 Å². The van der Waals surface area contributed by atoms with E-state index in [1.54, 1.807) is 0 Å². The van der Waals surface area contributed by atoms with Gasteiger partial charge in [-0.1, -0.05) is 29.8 Å². The summed E-state index contributed by atoms with van der Waals surface area (Å²) < 4.78 is 2.17. The predicted molar refractivity (Wildman–Crippen MR) is 79.5 cm³/mol. The van der Waals surface area contributed by atoms with Crippen LogP contribution in [0.1, 0.15) is 0 Å². The smallest absolute Gasteiger partial charge is 0.238 e. The number of aromatic nitrogens is 2. The number of rotatable bonds is 0. The third kappa shape index (κ3) is 1.69. The Labute approximate surface area is 127 Å². The number of H-pyrrole nitrogens is 1. The van der Waals surface area contributed by atoms with E-state index in [2.05, 4.69) is 46.9 Å². The molecule has 0 aliphatic carbocycles. The fraction of sp³-hybridized carbons (Fsp3) is 0.0625. The summed E-state index contributed by atoms with van der Waals surface area (Å²) in [5, 5.41) is 3.16. The van der Waals surface area contributed by atoms with Gasteiger partial charge in [0.15, 0.2) is 0 Å². The Kier molecular flexibility index (Phi) is 3.08. The summed E-state index contributed by atoms with van der Waals surface area (Å²) in [5.41, 5.74) is 4.55. The minimum absolute atomic E-state index is 0. The molecule has 0 bridgehead atoms. The highest BCUT2D eigenvalue weighted by atomic mass is 35.5. The van der Waals surface area contributed by atoms with Crippen LogP contribution in [0.15, 0.2) is 48.5 Å². The van der Waals surface area contributed by atoms with E-state index >= 15 is 0 Å². The Balaban J connectivity index is 0.00000121. The number of pyridine rings is 1. The molecule has 100 valence electrons. The Hall–Kier alpha value is -1.77. The van der Waals surface area contributed by atoms with E-state index in [0.29, 0.717) is 0 Å². The number of aryl methyl sites for hydroxylation is 1. The highest BCUT2D eigenvalue weighted by molar-refractivity contribution is 6.34. The van der Waals surface area contributed by atoms with Gasteiger partial charge in [0.1, 0.15) is 17.6 Å². The normalized spacial score (nSPS) is 11.1. The van der Waals surface area contributed by atoms with Gasteiger partial charge in [0.2, 0.25) is 11.0 Å². The van der Waals surface area contributed by atoms with Gasteiger partial charge in [-0.05, 0) is 30.3 Å². The second-order valence-corrected chi connectivity index (χ2v) is 5.22. The lowest BCUT2D eigenvalue weighted by Crippen LogP contribution is -3.00. The number of aromatic amines is 1. The van der Waals surface area contributed by atoms with Gasteiger partial charge in [-0.3, -0.25) is 0 Å². The molecule has 4 rings (SSSR count). The molecular weight excluding hydrogens is 291 g/mol. The van der Waals surface area contributed by atoms with Crippen molar-refractivity contribution in [3.8, 4) is 0 Å². The molecule has 0 radical (unpaired) electrons. The van der Waals surface area contributed by atoms with Crippen LogP contribution in [-0.4, -0.2) is 4.98 Å². The zero-order valence-electron chi connectivity index (χ0n) is 10.8. The summed E-state index contributed by atoms with van der Waals surface area (Å²) in [5.74, 6) is 0. The second-order valence-electron chi connectivity index (χ2n) is 4.81. The van der Waals surface area contributed by atoms with Crippen LogP contribution in [0.5, 0.6) is 0 Å². The Morgan fingerprint density at radius 2 is 1.75 bits per heavy atom. The Morgan fingerprint density at radius 3 is 2.60 bits per heavy atom. The van der Waals surface area contributed by atoms with E-state index in [1.165, 1.54) is 10.9 Å². The van der Waals surface area contributed by atoms with Gasteiger partial charge in [0, 0.05) is 0 Å². The molecule has 1 N–H and O–H groups in total. The fourth-order valence-corrected chi connectivity index (χ4v) is 3.19. The molecule has 0 atom stereocenters. The summed E-state index contributed by atoms with van der Waals surface area (Å²) >= 11 is 6.35. The lowest BCUT2D eigenvalue weighted by atomic mass is 10.1. The van der Waals surface area contributed by atoms with E-state index in [0.717, 1.165) is 27.0 Å². The second kappa shape index (κ2) is 4.65. The molecular formula is C16H12Cl2N2. The molecule has 2 nitrogen and oxygen atoms in total. The molecule has 0 fully saturated rings. The maximum Gasteiger partial charge on any atom is 0.238 e. The van der Waals surface area contributed by atoms with Gasteiger partial charge in [-0.2, -0.15) is 4.57 Å². The molecule has 2 aromatic heterocycles. The first-order chi connectivity index (χ1) is 9.25. The van der Waals surface area contributed by atoms with Crippen LogP contribution in [0.2, 0.25) is 5.02 Å². The van der Waals surface area contributed by atoms with Crippen molar-refractivity contribution in [1.29, 1.82) is 0 Å². The molecule has 2 heterocycles. The minimum Gasteiger partial charge on any atom is -1.00 e. The van der Waals surface area contributed by atoms with Gasteiger partial charge in [0.05, 0.1) is 16.3 Å².